The van der Waals surface area contributed by atoms with E-state index in [4.69, 9.17) is 60.4 Å². The maximum absolute atomic E-state index is 14.9. The van der Waals surface area contributed by atoms with E-state index in [0.29, 0.717) is 0 Å². The normalized spacial score (nSPS) is 10.6. The predicted molar refractivity (Wildman–Crippen MR) is 121 cm³/mol. The quantitative estimate of drug-likeness (QED) is 0.304. The van der Waals surface area contributed by atoms with Crippen molar-refractivity contribution in [3.05, 3.63) is 68.2 Å². The SMILES string of the molecule is N#Cc1cc(Cl)cc(Oc2c(Cl)ccc(CNC(=O)c3[nH]c(N)nc3Cl)c2F)c1.O=C(O)C(F)(F)F. The van der Waals surface area contributed by atoms with Gasteiger partial charge in [-0.3, -0.25) is 4.79 Å². The van der Waals surface area contributed by atoms with Gasteiger partial charge in [0.25, 0.3) is 5.91 Å². The van der Waals surface area contributed by atoms with Crippen molar-refractivity contribution in [1.82, 2.24) is 15.3 Å². The van der Waals surface area contributed by atoms with Crippen molar-refractivity contribution in [1.29, 1.82) is 5.26 Å². The Morgan fingerprint density at radius 2 is 1.86 bits per heavy atom. The third-order valence-electron chi connectivity index (χ3n) is 3.94. The summed E-state index contributed by atoms with van der Waals surface area (Å²) in [5.74, 6) is -4.32. The summed E-state index contributed by atoms with van der Waals surface area (Å²) in [6.07, 6.45) is -5.08. The van der Waals surface area contributed by atoms with Crippen molar-refractivity contribution in [2.24, 2.45) is 0 Å². The van der Waals surface area contributed by atoms with Gasteiger partial charge < -0.3 is 25.9 Å². The number of rotatable bonds is 5. The van der Waals surface area contributed by atoms with Gasteiger partial charge in [-0.25, -0.2) is 14.2 Å². The van der Waals surface area contributed by atoms with E-state index in [0.717, 1.165) is 0 Å². The number of aliphatic carboxylic acids is 1. The van der Waals surface area contributed by atoms with Gasteiger partial charge >= 0.3 is 12.1 Å². The smallest absolute Gasteiger partial charge is 0.475 e. The standard InChI is InChI=1S/C18H11Cl3FN5O2.C2HF3O2/c19-10-3-8(6-23)4-11(5-10)29-15-12(20)2-1-9(13(15)22)7-25-17(28)14-16(21)27-18(24)26-14;3-2(4,5)1(6)7/h1-5H,7H2,(H,25,28)(H3,24,26,27);(H,6,7). The van der Waals surface area contributed by atoms with E-state index in [-0.39, 0.29) is 56.0 Å². The summed E-state index contributed by atoms with van der Waals surface area (Å²) in [5, 5.41) is 18.8. The highest BCUT2D eigenvalue weighted by Crippen LogP contribution is 2.35. The van der Waals surface area contributed by atoms with E-state index in [1.165, 1.54) is 30.3 Å². The Morgan fingerprint density at radius 1 is 1.22 bits per heavy atom. The molecule has 5 N–H and O–H groups in total. The van der Waals surface area contributed by atoms with E-state index in [9.17, 15) is 22.4 Å². The van der Waals surface area contributed by atoms with Crippen LogP contribution in [0.25, 0.3) is 0 Å². The summed E-state index contributed by atoms with van der Waals surface area (Å²) in [5.41, 5.74) is 5.73. The number of benzene rings is 2. The maximum atomic E-state index is 14.9. The molecule has 3 aromatic rings. The van der Waals surface area contributed by atoms with Crippen molar-refractivity contribution in [2.75, 3.05) is 5.73 Å². The molecule has 36 heavy (non-hydrogen) atoms. The van der Waals surface area contributed by atoms with Crippen LogP contribution in [0.1, 0.15) is 21.6 Å². The number of carbonyl (C=O) groups is 2. The molecule has 3 rings (SSSR count). The molecule has 0 bridgehead atoms. The number of hydrogen-bond acceptors (Lipinski definition) is 6. The molecule has 0 saturated heterocycles. The second kappa shape index (κ2) is 11.8. The van der Waals surface area contributed by atoms with Crippen LogP contribution in [0.15, 0.2) is 30.3 Å². The predicted octanol–water partition coefficient (Wildman–Crippen LogP) is 5.32. The first kappa shape index (κ1) is 28.5. The van der Waals surface area contributed by atoms with E-state index in [1.807, 2.05) is 6.07 Å². The van der Waals surface area contributed by atoms with Gasteiger partial charge in [-0.1, -0.05) is 40.9 Å². The zero-order valence-corrected chi connectivity index (χ0v) is 19.7. The van der Waals surface area contributed by atoms with Crippen LogP contribution in [-0.2, 0) is 11.3 Å². The molecule has 0 aliphatic carbocycles. The molecule has 0 spiro atoms. The first-order valence-corrected chi connectivity index (χ1v) is 10.3. The number of nitrogens with one attached hydrogen (secondary N) is 2. The Labute approximate surface area is 214 Å². The number of aromatic amines is 1. The monoisotopic (exact) mass is 567 g/mol. The van der Waals surface area contributed by atoms with E-state index < -0.39 is 23.9 Å². The fourth-order valence-corrected chi connectivity index (χ4v) is 3.02. The first-order valence-electron chi connectivity index (χ1n) is 9.17. The number of hydrogen-bond donors (Lipinski definition) is 4. The number of H-pyrrole nitrogens is 1. The van der Waals surface area contributed by atoms with Gasteiger partial charge in [0.1, 0.15) is 11.4 Å². The molecule has 16 heteroatoms. The number of alkyl halides is 3. The molecule has 9 nitrogen and oxygen atoms in total. The molecule has 190 valence electrons. The van der Waals surface area contributed by atoms with E-state index >= 15 is 0 Å². The van der Waals surface area contributed by atoms with Crippen LogP contribution in [-0.4, -0.2) is 33.1 Å². The number of ether oxygens (including phenoxy) is 1. The zero-order valence-electron chi connectivity index (χ0n) is 17.4. The minimum atomic E-state index is -5.08. The average Bonchev–Trinajstić information content (AvgIpc) is 3.13. The van der Waals surface area contributed by atoms with Gasteiger partial charge in [0.2, 0.25) is 0 Å². The second-order valence-corrected chi connectivity index (χ2v) is 7.71. The Morgan fingerprint density at radius 3 is 2.39 bits per heavy atom. The van der Waals surface area contributed by atoms with E-state index in [1.54, 1.807) is 0 Å². The molecule has 2 aromatic carbocycles. The Kier molecular flexibility index (Phi) is 9.35. The lowest BCUT2D eigenvalue weighted by atomic mass is 10.2. The molecule has 0 atom stereocenters. The molecular weight excluding hydrogens is 557 g/mol. The Bertz CT molecular complexity index is 1340. The van der Waals surface area contributed by atoms with Crippen LogP contribution in [0.5, 0.6) is 11.5 Å². The number of anilines is 1. The van der Waals surface area contributed by atoms with Gasteiger partial charge in [0.15, 0.2) is 22.7 Å². The van der Waals surface area contributed by atoms with Gasteiger partial charge in [-0.05, 0) is 24.3 Å². The number of amides is 1. The number of nitrogen functional groups attached to an aromatic ring is 1. The summed E-state index contributed by atoms with van der Waals surface area (Å²) in [7, 11) is 0. The van der Waals surface area contributed by atoms with Gasteiger partial charge in [-0.2, -0.15) is 18.4 Å². The van der Waals surface area contributed by atoms with Crippen molar-refractivity contribution in [3.8, 4) is 17.6 Å². The maximum Gasteiger partial charge on any atom is 0.490 e. The van der Waals surface area contributed by atoms with Crippen LogP contribution in [0.3, 0.4) is 0 Å². The van der Waals surface area contributed by atoms with Gasteiger partial charge in [0.05, 0.1) is 16.7 Å². The van der Waals surface area contributed by atoms with Crippen LogP contribution >= 0.6 is 34.8 Å². The fourth-order valence-electron chi connectivity index (χ4n) is 2.39. The molecule has 0 radical (unpaired) electrons. The van der Waals surface area contributed by atoms with Crippen LogP contribution in [0.2, 0.25) is 15.2 Å². The summed E-state index contributed by atoms with van der Waals surface area (Å²) < 4.78 is 52.2. The van der Waals surface area contributed by atoms with Crippen LogP contribution < -0.4 is 15.8 Å². The lowest BCUT2D eigenvalue weighted by molar-refractivity contribution is -0.192. The molecule has 1 aromatic heterocycles. The van der Waals surface area contributed by atoms with E-state index in [2.05, 4.69) is 15.3 Å². The molecule has 0 saturated carbocycles. The lowest BCUT2D eigenvalue weighted by Gasteiger charge is -2.13. The number of carbonyl (C=O) groups excluding carboxylic acids is 1. The second-order valence-electron chi connectivity index (χ2n) is 6.51. The minimum Gasteiger partial charge on any atom is -0.475 e. The largest absolute Gasteiger partial charge is 0.490 e. The number of imidazole rings is 1. The highest BCUT2D eigenvalue weighted by atomic mass is 35.5. The third-order valence-corrected chi connectivity index (χ3v) is 4.73. The number of nitrogens with two attached hydrogens (primary N) is 1. The number of nitriles is 1. The molecule has 0 unspecified atom stereocenters. The van der Waals surface area contributed by atoms with Crippen LogP contribution in [0, 0.1) is 17.1 Å². The Hall–Kier alpha value is -3.73. The average molecular weight is 569 g/mol. The number of aromatic nitrogens is 2. The van der Waals surface area contributed by atoms with Gasteiger partial charge in [-0.15, -0.1) is 0 Å². The number of carboxylic acids is 1. The Balaban J connectivity index is 0.000000572. The van der Waals surface area contributed by atoms with Gasteiger partial charge in [0, 0.05) is 17.1 Å². The number of nitrogens with zero attached hydrogens (tertiary/aromatic N) is 2. The van der Waals surface area contributed by atoms with Crippen LogP contribution in [0.4, 0.5) is 23.5 Å². The molecule has 0 fully saturated rings. The number of halogens is 7. The minimum absolute atomic E-state index is 0.000413. The first-order chi connectivity index (χ1) is 16.7. The summed E-state index contributed by atoms with van der Waals surface area (Å²) in [4.78, 5) is 27.3. The summed E-state index contributed by atoms with van der Waals surface area (Å²) >= 11 is 17.8. The molecular formula is C20H12Cl3F4N5O4. The third kappa shape index (κ3) is 7.64. The molecule has 0 aliphatic rings. The highest BCUT2D eigenvalue weighted by Gasteiger charge is 2.38. The van der Waals surface area contributed by atoms with Crippen molar-refractivity contribution in [3.63, 3.8) is 0 Å². The molecule has 1 heterocycles. The number of carboxylic acid groups (broad SMARTS) is 1. The molecule has 1 amide bonds. The summed E-state index contributed by atoms with van der Waals surface area (Å²) in [6.45, 7) is -0.188. The summed E-state index contributed by atoms with van der Waals surface area (Å²) in [6, 6.07) is 8.97. The highest BCUT2D eigenvalue weighted by molar-refractivity contribution is 6.33. The van der Waals surface area contributed by atoms with Crippen molar-refractivity contribution >= 4 is 52.6 Å². The van der Waals surface area contributed by atoms with Crippen molar-refractivity contribution in [2.45, 2.75) is 12.7 Å². The zero-order chi connectivity index (χ0) is 27.2. The molecule has 0 aliphatic heterocycles. The van der Waals surface area contributed by atoms with Crippen molar-refractivity contribution < 1.29 is 37.0 Å². The lowest BCUT2D eigenvalue weighted by Crippen LogP contribution is -2.24. The fraction of sp³-hybridized carbons (Fsp3) is 0.100. The topological polar surface area (TPSA) is 154 Å².